The van der Waals surface area contributed by atoms with Crippen molar-refractivity contribution in [2.75, 3.05) is 13.7 Å². The molecule has 3 nitrogen and oxygen atoms in total. The SMILES string of the molecule is Cc1ccsc1CN(C)C(=O)[C@H](C)OCC(C)C. The Bertz CT molecular complexity index is 387. The number of thiophene rings is 1. The summed E-state index contributed by atoms with van der Waals surface area (Å²) in [6.07, 6.45) is -0.363. The van der Waals surface area contributed by atoms with Crippen LogP contribution in [0.1, 0.15) is 31.2 Å². The van der Waals surface area contributed by atoms with Gasteiger partial charge in [0.05, 0.1) is 6.54 Å². The molecule has 1 amide bonds. The maximum Gasteiger partial charge on any atom is 0.251 e. The van der Waals surface area contributed by atoms with E-state index < -0.39 is 0 Å². The number of hydrogen-bond acceptors (Lipinski definition) is 3. The maximum absolute atomic E-state index is 12.1. The highest BCUT2D eigenvalue weighted by Crippen LogP contribution is 2.17. The van der Waals surface area contributed by atoms with Gasteiger partial charge in [0.15, 0.2) is 0 Å². The van der Waals surface area contributed by atoms with Gasteiger partial charge in [0.1, 0.15) is 6.10 Å². The summed E-state index contributed by atoms with van der Waals surface area (Å²) < 4.78 is 5.55. The first kappa shape index (κ1) is 15.2. The van der Waals surface area contributed by atoms with Gasteiger partial charge in [-0.1, -0.05) is 13.8 Å². The molecule has 1 aromatic heterocycles. The van der Waals surface area contributed by atoms with Crippen molar-refractivity contribution in [3.8, 4) is 0 Å². The molecule has 1 heterocycles. The fourth-order valence-corrected chi connectivity index (χ4v) is 2.54. The molecule has 102 valence electrons. The lowest BCUT2D eigenvalue weighted by Gasteiger charge is -2.22. The molecule has 0 fully saturated rings. The van der Waals surface area contributed by atoms with E-state index in [1.54, 1.807) is 16.2 Å². The molecule has 0 N–H and O–H groups in total. The van der Waals surface area contributed by atoms with Gasteiger partial charge in [-0.05, 0) is 36.8 Å². The molecule has 0 bridgehead atoms. The van der Waals surface area contributed by atoms with Crippen molar-refractivity contribution >= 4 is 17.2 Å². The summed E-state index contributed by atoms with van der Waals surface area (Å²) in [6.45, 7) is 9.34. The van der Waals surface area contributed by atoms with E-state index in [-0.39, 0.29) is 12.0 Å². The Kier molecular flexibility index (Phi) is 5.82. The van der Waals surface area contributed by atoms with Crippen molar-refractivity contribution < 1.29 is 9.53 Å². The second kappa shape index (κ2) is 6.90. The molecule has 1 aromatic rings. The zero-order valence-electron chi connectivity index (χ0n) is 11.9. The minimum atomic E-state index is -0.363. The Balaban J connectivity index is 2.48. The molecule has 0 saturated carbocycles. The number of aryl methyl sites for hydroxylation is 1. The third kappa shape index (κ3) is 4.42. The third-order valence-electron chi connectivity index (χ3n) is 2.75. The molecule has 0 aliphatic rings. The fraction of sp³-hybridized carbons (Fsp3) is 0.643. The van der Waals surface area contributed by atoms with Gasteiger partial charge >= 0.3 is 0 Å². The summed E-state index contributed by atoms with van der Waals surface area (Å²) >= 11 is 1.69. The molecule has 0 radical (unpaired) electrons. The van der Waals surface area contributed by atoms with Gasteiger partial charge in [-0.25, -0.2) is 0 Å². The van der Waals surface area contributed by atoms with E-state index in [0.29, 0.717) is 19.1 Å². The second-order valence-electron chi connectivity index (χ2n) is 5.09. The number of ether oxygens (including phenoxy) is 1. The third-order valence-corrected chi connectivity index (χ3v) is 3.76. The highest BCUT2D eigenvalue weighted by atomic mass is 32.1. The van der Waals surface area contributed by atoms with Crippen molar-refractivity contribution in [2.45, 2.75) is 40.3 Å². The van der Waals surface area contributed by atoms with Gasteiger partial charge in [0.2, 0.25) is 0 Å². The number of carbonyl (C=O) groups is 1. The quantitative estimate of drug-likeness (QED) is 0.794. The minimum Gasteiger partial charge on any atom is -0.368 e. The molecule has 1 rings (SSSR count). The summed E-state index contributed by atoms with van der Waals surface area (Å²) in [7, 11) is 1.83. The van der Waals surface area contributed by atoms with Gasteiger partial charge in [0.25, 0.3) is 5.91 Å². The maximum atomic E-state index is 12.1. The normalized spacial score (nSPS) is 12.8. The Labute approximate surface area is 114 Å². The predicted octanol–water partition coefficient (Wildman–Crippen LogP) is 3.08. The van der Waals surface area contributed by atoms with E-state index >= 15 is 0 Å². The van der Waals surface area contributed by atoms with Crippen LogP contribution in [0, 0.1) is 12.8 Å². The van der Waals surface area contributed by atoms with Crippen LogP contribution in [0.2, 0.25) is 0 Å². The van der Waals surface area contributed by atoms with Crippen LogP contribution in [0.5, 0.6) is 0 Å². The second-order valence-corrected chi connectivity index (χ2v) is 6.09. The highest BCUT2D eigenvalue weighted by Gasteiger charge is 2.19. The lowest BCUT2D eigenvalue weighted by Crippen LogP contribution is -2.36. The van der Waals surface area contributed by atoms with Crippen LogP contribution in [-0.2, 0) is 16.1 Å². The van der Waals surface area contributed by atoms with Gasteiger partial charge in [0, 0.05) is 18.5 Å². The zero-order valence-corrected chi connectivity index (χ0v) is 12.7. The lowest BCUT2D eigenvalue weighted by molar-refractivity contribution is -0.142. The van der Waals surface area contributed by atoms with Crippen molar-refractivity contribution in [2.24, 2.45) is 5.92 Å². The number of amides is 1. The lowest BCUT2D eigenvalue weighted by atomic mass is 10.2. The van der Waals surface area contributed by atoms with Crippen molar-refractivity contribution in [3.05, 3.63) is 21.9 Å². The summed E-state index contributed by atoms with van der Waals surface area (Å²) in [5.41, 5.74) is 1.25. The first-order valence-corrected chi connectivity index (χ1v) is 7.19. The molecular formula is C14H23NO2S. The summed E-state index contributed by atoms with van der Waals surface area (Å²) in [5, 5.41) is 2.06. The van der Waals surface area contributed by atoms with Crippen LogP contribution in [0.3, 0.4) is 0 Å². The summed E-state index contributed by atoms with van der Waals surface area (Å²) in [4.78, 5) is 15.1. The van der Waals surface area contributed by atoms with E-state index in [0.717, 1.165) is 0 Å². The van der Waals surface area contributed by atoms with E-state index in [1.165, 1.54) is 10.4 Å². The Morgan fingerprint density at radius 3 is 2.61 bits per heavy atom. The molecule has 18 heavy (non-hydrogen) atoms. The Morgan fingerprint density at radius 2 is 2.11 bits per heavy atom. The van der Waals surface area contributed by atoms with E-state index in [2.05, 4.69) is 32.2 Å². The molecule has 0 spiro atoms. The first-order valence-electron chi connectivity index (χ1n) is 6.31. The molecule has 0 aliphatic carbocycles. The molecule has 0 aromatic carbocycles. The topological polar surface area (TPSA) is 29.5 Å². The van der Waals surface area contributed by atoms with Gasteiger partial charge < -0.3 is 9.64 Å². The van der Waals surface area contributed by atoms with E-state index in [1.807, 2.05) is 14.0 Å². The Hall–Kier alpha value is -0.870. The smallest absolute Gasteiger partial charge is 0.251 e. The van der Waals surface area contributed by atoms with Crippen molar-refractivity contribution in [3.63, 3.8) is 0 Å². The average molecular weight is 269 g/mol. The van der Waals surface area contributed by atoms with Crippen LogP contribution in [-0.4, -0.2) is 30.6 Å². The van der Waals surface area contributed by atoms with Crippen LogP contribution in [0.25, 0.3) is 0 Å². The van der Waals surface area contributed by atoms with Crippen LogP contribution in [0.4, 0.5) is 0 Å². The number of rotatable bonds is 6. The van der Waals surface area contributed by atoms with Gasteiger partial charge in [-0.2, -0.15) is 0 Å². The summed E-state index contributed by atoms with van der Waals surface area (Å²) in [5.74, 6) is 0.494. The molecule has 0 aliphatic heterocycles. The number of likely N-dealkylation sites (N-methyl/N-ethyl adjacent to an activating group) is 1. The summed E-state index contributed by atoms with van der Waals surface area (Å²) in [6, 6.07) is 2.08. The van der Waals surface area contributed by atoms with Crippen LogP contribution >= 0.6 is 11.3 Å². The molecule has 0 saturated heterocycles. The molecular weight excluding hydrogens is 246 g/mol. The Morgan fingerprint density at radius 1 is 1.44 bits per heavy atom. The number of hydrogen-bond donors (Lipinski definition) is 0. The zero-order chi connectivity index (χ0) is 13.7. The van der Waals surface area contributed by atoms with Gasteiger partial charge in [-0.15, -0.1) is 11.3 Å². The van der Waals surface area contributed by atoms with E-state index in [9.17, 15) is 4.79 Å². The van der Waals surface area contributed by atoms with Crippen molar-refractivity contribution in [1.82, 2.24) is 4.90 Å². The average Bonchev–Trinajstić information content (AvgIpc) is 2.70. The highest BCUT2D eigenvalue weighted by molar-refractivity contribution is 7.10. The first-order chi connectivity index (χ1) is 8.41. The molecule has 4 heteroatoms. The molecule has 0 unspecified atom stereocenters. The number of carbonyl (C=O) groups excluding carboxylic acids is 1. The fourth-order valence-electron chi connectivity index (χ4n) is 1.58. The number of nitrogens with zero attached hydrogens (tertiary/aromatic N) is 1. The predicted molar refractivity (Wildman–Crippen MR) is 75.8 cm³/mol. The van der Waals surface area contributed by atoms with E-state index in [4.69, 9.17) is 4.74 Å². The minimum absolute atomic E-state index is 0.0449. The standard InChI is InChI=1S/C14H23NO2S/c1-10(2)9-17-12(4)14(16)15(5)8-13-11(3)6-7-18-13/h6-7,10,12H,8-9H2,1-5H3/t12-/m0/s1. The monoisotopic (exact) mass is 269 g/mol. The van der Waals surface area contributed by atoms with Crippen LogP contribution < -0.4 is 0 Å². The largest absolute Gasteiger partial charge is 0.368 e. The van der Waals surface area contributed by atoms with Gasteiger partial charge in [-0.3, -0.25) is 4.79 Å². The molecule has 1 atom stereocenters. The van der Waals surface area contributed by atoms with Crippen LogP contribution in [0.15, 0.2) is 11.4 Å². The van der Waals surface area contributed by atoms with Crippen molar-refractivity contribution in [1.29, 1.82) is 0 Å².